The summed E-state index contributed by atoms with van der Waals surface area (Å²) in [5.74, 6) is 0. The first-order chi connectivity index (χ1) is 7.84. The van der Waals surface area contributed by atoms with Crippen LogP contribution in [0.3, 0.4) is 0 Å². The fraction of sp³-hybridized carbons (Fsp3) is 0.571. The molecule has 0 radical (unpaired) electrons. The van der Waals surface area contributed by atoms with Gasteiger partial charge in [0.2, 0.25) is 0 Å². The molecule has 0 unspecified atom stereocenters. The van der Waals surface area contributed by atoms with Gasteiger partial charge in [0, 0.05) is 6.54 Å². The van der Waals surface area contributed by atoms with Crippen molar-refractivity contribution in [2.45, 2.75) is 31.8 Å². The Labute approximate surface area is 97.9 Å². The molecule has 1 heterocycles. The van der Waals surface area contributed by atoms with Crippen LogP contribution in [0.15, 0.2) is 30.3 Å². The summed E-state index contributed by atoms with van der Waals surface area (Å²) in [5, 5.41) is 10.0. The molecule has 88 valence electrons. The number of piperidine rings is 1. The molecule has 0 bridgehead atoms. The van der Waals surface area contributed by atoms with Crippen LogP contribution in [-0.4, -0.2) is 35.7 Å². The minimum atomic E-state index is -0.222. The number of likely N-dealkylation sites (tertiary alicyclic amines) is 1. The van der Waals surface area contributed by atoms with Gasteiger partial charge in [-0.2, -0.15) is 0 Å². The molecule has 2 rings (SSSR count). The summed E-state index contributed by atoms with van der Waals surface area (Å²) in [6.07, 6.45) is 4.49. The lowest BCUT2D eigenvalue weighted by Gasteiger charge is -2.28. The molecule has 2 nitrogen and oxygen atoms in total. The lowest BCUT2D eigenvalue weighted by atomic mass is 10.1. The molecule has 1 atom stereocenters. The third-order valence-electron chi connectivity index (χ3n) is 3.23. The number of rotatable bonds is 4. The van der Waals surface area contributed by atoms with E-state index < -0.39 is 0 Å². The van der Waals surface area contributed by atoms with E-state index in [2.05, 4.69) is 17.0 Å². The van der Waals surface area contributed by atoms with Crippen molar-refractivity contribution < 1.29 is 5.11 Å². The van der Waals surface area contributed by atoms with Crippen LogP contribution in [0, 0.1) is 0 Å². The number of aliphatic hydroxyl groups excluding tert-OH is 1. The number of nitrogens with zero attached hydrogens (tertiary/aromatic N) is 1. The van der Waals surface area contributed by atoms with E-state index in [0.29, 0.717) is 0 Å². The second-order valence-corrected chi connectivity index (χ2v) is 4.70. The van der Waals surface area contributed by atoms with E-state index in [1.165, 1.54) is 24.8 Å². The first kappa shape index (κ1) is 11.6. The third-order valence-corrected chi connectivity index (χ3v) is 3.23. The van der Waals surface area contributed by atoms with Crippen molar-refractivity contribution in [3.8, 4) is 0 Å². The minimum absolute atomic E-state index is 0.222. The second kappa shape index (κ2) is 6.02. The summed E-state index contributed by atoms with van der Waals surface area (Å²) in [4.78, 5) is 2.39. The molecule has 0 amide bonds. The molecule has 16 heavy (non-hydrogen) atoms. The Balaban J connectivity index is 1.77. The van der Waals surface area contributed by atoms with Crippen LogP contribution in [-0.2, 0) is 6.42 Å². The van der Waals surface area contributed by atoms with Gasteiger partial charge in [-0.05, 0) is 37.9 Å². The molecule has 1 aliphatic heterocycles. The highest BCUT2D eigenvalue weighted by molar-refractivity contribution is 5.15. The maximum atomic E-state index is 10.0. The Bertz CT molecular complexity index is 293. The van der Waals surface area contributed by atoms with Gasteiger partial charge in [-0.25, -0.2) is 0 Å². The molecule has 0 saturated carbocycles. The molecule has 0 aromatic heterocycles. The van der Waals surface area contributed by atoms with Gasteiger partial charge in [0.25, 0.3) is 0 Å². The van der Waals surface area contributed by atoms with Crippen molar-refractivity contribution in [3.63, 3.8) is 0 Å². The zero-order chi connectivity index (χ0) is 11.2. The first-order valence-corrected chi connectivity index (χ1v) is 6.29. The van der Waals surface area contributed by atoms with Crippen molar-refractivity contribution >= 4 is 0 Å². The maximum absolute atomic E-state index is 10.0. The molecule has 0 spiro atoms. The van der Waals surface area contributed by atoms with E-state index in [9.17, 15) is 5.11 Å². The molecule has 1 aromatic rings. The Hall–Kier alpha value is -0.860. The molecule has 1 aliphatic rings. The highest BCUT2D eigenvalue weighted by Crippen LogP contribution is 2.10. The van der Waals surface area contributed by atoms with Crippen molar-refractivity contribution in [2.24, 2.45) is 0 Å². The molecule has 1 fully saturated rings. The van der Waals surface area contributed by atoms with Crippen LogP contribution in [0.4, 0.5) is 0 Å². The summed E-state index contributed by atoms with van der Waals surface area (Å²) >= 11 is 0. The number of hydrogen-bond donors (Lipinski definition) is 1. The molecule has 2 heteroatoms. The molecule has 1 aromatic carbocycles. The first-order valence-electron chi connectivity index (χ1n) is 6.29. The summed E-state index contributed by atoms with van der Waals surface area (Å²) in [5.41, 5.74) is 1.23. The van der Waals surface area contributed by atoms with Gasteiger partial charge in [-0.3, -0.25) is 0 Å². The molecule has 0 aliphatic carbocycles. The predicted molar refractivity (Wildman–Crippen MR) is 66.4 cm³/mol. The Morgan fingerprint density at radius 2 is 1.75 bits per heavy atom. The number of benzene rings is 1. The van der Waals surface area contributed by atoms with Crippen LogP contribution < -0.4 is 0 Å². The molecule has 1 N–H and O–H groups in total. The van der Waals surface area contributed by atoms with Gasteiger partial charge in [-0.1, -0.05) is 36.8 Å². The van der Waals surface area contributed by atoms with Crippen molar-refractivity contribution in [2.75, 3.05) is 19.6 Å². The smallest absolute Gasteiger partial charge is 0.0707 e. The summed E-state index contributed by atoms with van der Waals surface area (Å²) in [6.45, 7) is 3.15. The predicted octanol–water partition coefficient (Wildman–Crippen LogP) is 2.08. The third kappa shape index (κ3) is 3.62. The van der Waals surface area contributed by atoms with E-state index in [1.54, 1.807) is 0 Å². The summed E-state index contributed by atoms with van der Waals surface area (Å²) in [7, 11) is 0. The zero-order valence-corrected chi connectivity index (χ0v) is 9.81. The van der Waals surface area contributed by atoms with Gasteiger partial charge in [0.05, 0.1) is 6.10 Å². The second-order valence-electron chi connectivity index (χ2n) is 4.70. The minimum Gasteiger partial charge on any atom is -0.391 e. The molecular weight excluding hydrogens is 198 g/mol. The fourth-order valence-corrected chi connectivity index (χ4v) is 2.39. The Kier molecular flexibility index (Phi) is 4.37. The maximum Gasteiger partial charge on any atom is 0.0707 e. The highest BCUT2D eigenvalue weighted by Gasteiger charge is 2.14. The van der Waals surface area contributed by atoms with Crippen LogP contribution in [0.5, 0.6) is 0 Å². The van der Waals surface area contributed by atoms with Crippen LogP contribution in [0.2, 0.25) is 0 Å². The van der Waals surface area contributed by atoms with Gasteiger partial charge in [-0.15, -0.1) is 0 Å². The van der Waals surface area contributed by atoms with Crippen LogP contribution >= 0.6 is 0 Å². The van der Waals surface area contributed by atoms with Crippen molar-refractivity contribution in [1.29, 1.82) is 0 Å². The lowest BCUT2D eigenvalue weighted by molar-refractivity contribution is 0.101. The monoisotopic (exact) mass is 219 g/mol. The van der Waals surface area contributed by atoms with Gasteiger partial charge in [0.15, 0.2) is 0 Å². The number of aliphatic hydroxyl groups is 1. The lowest BCUT2D eigenvalue weighted by Crippen LogP contribution is -2.37. The largest absolute Gasteiger partial charge is 0.391 e. The average molecular weight is 219 g/mol. The SMILES string of the molecule is O[C@H](Cc1ccccc1)CN1CCCCC1. The van der Waals surface area contributed by atoms with E-state index in [0.717, 1.165) is 26.1 Å². The van der Waals surface area contributed by atoms with E-state index in [1.807, 2.05) is 18.2 Å². The summed E-state index contributed by atoms with van der Waals surface area (Å²) in [6, 6.07) is 10.2. The van der Waals surface area contributed by atoms with E-state index >= 15 is 0 Å². The average Bonchev–Trinajstić information content (AvgIpc) is 2.31. The number of hydrogen-bond acceptors (Lipinski definition) is 2. The fourth-order valence-electron chi connectivity index (χ4n) is 2.39. The van der Waals surface area contributed by atoms with Crippen molar-refractivity contribution in [1.82, 2.24) is 4.90 Å². The quantitative estimate of drug-likeness (QED) is 0.838. The van der Waals surface area contributed by atoms with E-state index in [-0.39, 0.29) is 6.10 Å². The number of β-amino-alcohol motifs (C(OH)–C–C–N with tert-alkyl or cyclic N) is 1. The molecular formula is C14H21NO. The highest BCUT2D eigenvalue weighted by atomic mass is 16.3. The van der Waals surface area contributed by atoms with Crippen LogP contribution in [0.25, 0.3) is 0 Å². The molecule has 1 saturated heterocycles. The standard InChI is InChI=1S/C14H21NO/c16-14(11-13-7-3-1-4-8-13)12-15-9-5-2-6-10-15/h1,3-4,7-8,14,16H,2,5-6,9-12H2/t14-/m1/s1. The van der Waals surface area contributed by atoms with Gasteiger partial charge < -0.3 is 10.0 Å². The van der Waals surface area contributed by atoms with Crippen LogP contribution in [0.1, 0.15) is 24.8 Å². The Morgan fingerprint density at radius 3 is 2.44 bits per heavy atom. The summed E-state index contributed by atoms with van der Waals surface area (Å²) < 4.78 is 0. The van der Waals surface area contributed by atoms with Crippen molar-refractivity contribution in [3.05, 3.63) is 35.9 Å². The Morgan fingerprint density at radius 1 is 1.06 bits per heavy atom. The van der Waals surface area contributed by atoms with Gasteiger partial charge in [0.1, 0.15) is 0 Å². The van der Waals surface area contributed by atoms with Gasteiger partial charge >= 0.3 is 0 Å². The van der Waals surface area contributed by atoms with E-state index in [4.69, 9.17) is 0 Å². The zero-order valence-electron chi connectivity index (χ0n) is 9.81. The topological polar surface area (TPSA) is 23.5 Å². The normalized spacial score (nSPS) is 19.6.